The summed E-state index contributed by atoms with van der Waals surface area (Å²) in [5, 5.41) is 1.85. The number of hydrogen-bond donors (Lipinski definition) is 2. The molecule has 0 aliphatic carbocycles. The van der Waals surface area contributed by atoms with E-state index < -0.39 is 23.2 Å². The van der Waals surface area contributed by atoms with Gasteiger partial charge in [0.05, 0.1) is 5.54 Å². The Morgan fingerprint density at radius 3 is 1.71 bits per heavy atom. The van der Waals surface area contributed by atoms with Crippen LogP contribution in [0.4, 0.5) is 13.2 Å². The molecule has 6 heteroatoms. The van der Waals surface area contributed by atoms with Crippen LogP contribution in [-0.4, -0.2) is 23.2 Å². The molecule has 1 amide bonds. The molecule has 0 heterocycles. The van der Waals surface area contributed by atoms with Crippen molar-refractivity contribution in [3.63, 3.8) is 0 Å². The molecule has 0 saturated heterocycles. The summed E-state index contributed by atoms with van der Waals surface area (Å²) in [6.45, 7) is 5.97. The highest BCUT2D eigenvalue weighted by atomic mass is 19.4. The molecule has 0 bridgehead atoms. The fourth-order valence-electron chi connectivity index (χ4n) is 0.516. The zero-order valence-electron chi connectivity index (χ0n) is 8.62. The highest BCUT2D eigenvalue weighted by Crippen LogP contribution is 2.21. The van der Waals surface area contributed by atoms with Gasteiger partial charge in [-0.25, -0.2) is 0 Å². The molecule has 0 aliphatic heterocycles. The third kappa shape index (κ3) is 3.17. The zero-order chi connectivity index (χ0) is 11.8. The number of nitrogens with two attached hydrogens (primary N) is 1. The predicted octanol–water partition coefficient (Wildman–Crippen LogP) is 1.18. The Bertz CT molecular complexity index is 228. The van der Waals surface area contributed by atoms with Crippen molar-refractivity contribution in [1.82, 2.24) is 5.32 Å². The average molecular weight is 212 g/mol. The highest BCUT2D eigenvalue weighted by Gasteiger charge is 2.44. The Balaban J connectivity index is 4.62. The van der Waals surface area contributed by atoms with Crippen LogP contribution in [0.2, 0.25) is 0 Å². The van der Waals surface area contributed by atoms with Crippen LogP contribution in [0.25, 0.3) is 0 Å². The van der Waals surface area contributed by atoms with Gasteiger partial charge in [-0.15, -0.1) is 0 Å². The van der Waals surface area contributed by atoms with Crippen LogP contribution in [0, 0.1) is 0 Å². The fourth-order valence-corrected chi connectivity index (χ4v) is 0.516. The van der Waals surface area contributed by atoms with Crippen molar-refractivity contribution in [2.24, 2.45) is 5.73 Å². The minimum atomic E-state index is -4.87. The third-order valence-corrected chi connectivity index (χ3v) is 2.29. The fraction of sp³-hybridized carbons (Fsp3) is 0.875. The molecule has 3 nitrogen and oxygen atoms in total. The lowest BCUT2D eigenvalue weighted by Crippen LogP contribution is -2.64. The minimum absolute atomic E-state index is 0.937. The number of alkyl halides is 3. The van der Waals surface area contributed by atoms with E-state index >= 15 is 0 Å². The molecule has 0 aromatic rings. The van der Waals surface area contributed by atoms with E-state index in [0.29, 0.717) is 0 Å². The van der Waals surface area contributed by atoms with Crippen LogP contribution in [-0.2, 0) is 4.79 Å². The maximum absolute atomic E-state index is 11.9. The quantitative estimate of drug-likeness (QED) is 0.722. The molecular formula is C8H15F3N2O. The van der Waals surface area contributed by atoms with E-state index in [-0.39, 0.29) is 0 Å². The summed E-state index contributed by atoms with van der Waals surface area (Å²) in [6, 6.07) is 0. The maximum Gasteiger partial charge on any atom is 0.471 e. The molecule has 0 saturated carbocycles. The van der Waals surface area contributed by atoms with Crippen molar-refractivity contribution in [3.05, 3.63) is 0 Å². The normalized spacial score (nSPS) is 14.0. The van der Waals surface area contributed by atoms with Crippen LogP contribution < -0.4 is 11.1 Å². The standard InChI is InChI=1S/C8H15F3N2O/c1-6(2,12)7(3,4)13-5(14)8(9,10)11/h12H2,1-4H3,(H,13,14). The number of nitrogens with one attached hydrogen (secondary N) is 1. The summed E-state index contributed by atoms with van der Waals surface area (Å²) in [6.07, 6.45) is -4.87. The number of halogens is 3. The van der Waals surface area contributed by atoms with Gasteiger partial charge in [0, 0.05) is 5.54 Å². The lowest BCUT2D eigenvalue weighted by Gasteiger charge is -2.39. The van der Waals surface area contributed by atoms with Crippen LogP contribution >= 0.6 is 0 Å². The zero-order valence-corrected chi connectivity index (χ0v) is 8.62. The topological polar surface area (TPSA) is 55.1 Å². The van der Waals surface area contributed by atoms with Gasteiger partial charge < -0.3 is 11.1 Å². The van der Waals surface area contributed by atoms with E-state index in [1.54, 1.807) is 13.8 Å². The average Bonchev–Trinajstić information content (AvgIpc) is 1.80. The molecule has 14 heavy (non-hydrogen) atoms. The van der Waals surface area contributed by atoms with Crippen molar-refractivity contribution in [3.8, 4) is 0 Å². The van der Waals surface area contributed by atoms with E-state index in [0.717, 1.165) is 0 Å². The molecule has 0 spiro atoms. The van der Waals surface area contributed by atoms with E-state index in [1.165, 1.54) is 13.8 Å². The number of carbonyl (C=O) groups excluding carboxylic acids is 1. The molecule has 0 aromatic heterocycles. The van der Waals surface area contributed by atoms with Gasteiger partial charge in [0.25, 0.3) is 0 Å². The van der Waals surface area contributed by atoms with Crippen LogP contribution in [0.3, 0.4) is 0 Å². The van der Waals surface area contributed by atoms with Gasteiger partial charge >= 0.3 is 12.1 Å². The van der Waals surface area contributed by atoms with Crippen molar-refractivity contribution < 1.29 is 18.0 Å². The molecule has 0 aromatic carbocycles. The number of rotatable bonds is 2. The van der Waals surface area contributed by atoms with Gasteiger partial charge in [0.1, 0.15) is 0 Å². The van der Waals surface area contributed by atoms with Crippen molar-refractivity contribution >= 4 is 5.91 Å². The second-order valence-electron chi connectivity index (χ2n) is 4.30. The highest BCUT2D eigenvalue weighted by molar-refractivity contribution is 5.82. The molecule has 0 rings (SSSR count). The monoisotopic (exact) mass is 212 g/mol. The molecule has 0 aliphatic rings. The Morgan fingerprint density at radius 1 is 1.14 bits per heavy atom. The summed E-state index contributed by atoms with van der Waals surface area (Å²) < 4.78 is 35.7. The Hall–Kier alpha value is -0.780. The second kappa shape index (κ2) is 3.42. The summed E-state index contributed by atoms with van der Waals surface area (Å²) in [5.41, 5.74) is 3.56. The molecule has 3 N–H and O–H groups in total. The van der Waals surface area contributed by atoms with Crippen LogP contribution in [0.1, 0.15) is 27.7 Å². The Morgan fingerprint density at radius 2 is 1.50 bits per heavy atom. The SMILES string of the molecule is CC(C)(N)C(C)(C)NC(=O)C(F)(F)F. The number of hydrogen-bond acceptors (Lipinski definition) is 2. The van der Waals surface area contributed by atoms with Crippen molar-refractivity contribution in [1.29, 1.82) is 0 Å². The summed E-state index contributed by atoms with van der Waals surface area (Å²) >= 11 is 0. The molecular weight excluding hydrogens is 197 g/mol. The van der Waals surface area contributed by atoms with Gasteiger partial charge in [-0.3, -0.25) is 4.79 Å². The van der Waals surface area contributed by atoms with Crippen LogP contribution in [0.5, 0.6) is 0 Å². The largest absolute Gasteiger partial charge is 0.471 e. The lowest BCUT2D eigenvalue weighted by atomic mass is 9.83. The van der Waals surface area contributed by atoms with Gasteiger partial charge in [0.2, 0.25) is 0 Å². The Labute approximate surface area is 80.8 Å². The predicted molar refractivity (Wildman–Crippen MR) is 46.5 cm³/mol. The van der Waals surface area contributed by atoms with Crippen LogP contribution in [0.15, 0.2) is 0 Å². The van der Waals surface area contributed by atoms with Gasteiger partial charge in [-0.2, -0.15) is 13.2 Å². The summed E-state index contributed by atoms with van der Waals surface area (Å²) in [7, 11) is 0. The Kier molecular flexibility index (Phi) is 3.23. The maximum atomic E-state index is 11.9. The number of carbonyl (C=O) groups is 1. The van der Waals surface area contributed by atoms with E-state index in [9.17, 15) is 18.0 Å². The van der Waals surface area contributed by atoms with Gasteiger partial charge in [0.15, 0.2) is 0 Å². The van der Waals surface area contributed by atoms with Crippen molar-refractivity contribution in [2.75, 3.05) is 0 Å². The molecule has 0 atom stereocenters. The van der Waals surface area contributed by atoms with E-state index in [2.05, 4.69) is 0 Å². The molecule has 84 valence electrons. The van der Waals surface area contributed by atoms with Gasteiger partial charge in [-0.1, -0.05) is 0 Å². The third-order valence-electron chi connectivity index (χ3n) is 2.29. The smallest absolute Gasteiger partial charge is 0.342 e. The first kappa shape index (κ1) is 13.2. The first-order valence-corrected chi connectivity index (χ1v) is 4.06. The van der Waals surface area contributed by atoms with Gasteiger partial charge in [-0.05, 0) is 27.7 Å². The second-order valence-corrected chi connectivity index (χ2v) is 4.30. The number of amides is 1. The molecule has 0 radical (unpaired) electrons. The molecule has 0 unspecified atom stereocenters. The van der Waals surface area contributed by atoms with Crippen molar-refractivity contribution in [2.45, 2.75) is 44.9 Å². The molecule has 0 fully saturated rings. The summed E-state index contributed by atoms with van der Waals surface area (Å²) in [5.74, 6) is -1.97. The van der Waals surface area contributed by atoms with E-state index in [1.807, 2.05) is 5.32 Å². The summed E-state index contributed by atoms with van der Waals surface area (Å²) in [4.78, 5) is 10.6. The van der Waals surface area contributed by atoms with E-state index in [4.69, 9.17) is 5.73 Å². The minimum Gasteiger partial charge on any atom is -0.342 e. The lowest BCUT2D eigenvalue weighted by molar-refractivity contribution is -0.176. The first-order chi connectivity index (χ1) is 5.88. The first-order valence-electron chi connectivity index (χ1n) is 4.06.